The van der Waals surface area contributed by atoms with Crippen molar-refractivity contribution in [2.75, 3.05) is 26.9 Å². The van der Waals surface area contributed by atoms with E-state index in [9.17, 15) is 9.59 Å². The van der Waals surface area contributed by atoms with Gasteiger partial charge in [-0.1, -0.05) is 24.5 Å². The number of hydrogen-bond acceptors (Lipinski definition) is 8. The van der Waals surface area contributed by atoms with Gasteiger partial charge in [0.1, 0.15) is 12.2 Å². The van der Waals surface area contributed by atoms with Crippen molar-refractivity contribution in [2.45, 2.75) is 102 Å². The number of carbonyl (C=O) groups excluding carboxylic acids is 2. The zero-order valence-electron chi connectivity index (χ0n) is 21.7. The molecule has 1 spiro atoms. The molecule has 0 bridgehead atoms. The van der Waals surface area contributed by atoms with E-state index in [4.69, 9.17) is 18.9 Å². The smallest absolute Gasteiger partial charge is 0.407 e. The van der Waals surface area contributed by atoms with Gasteiger partial charge in [-0.05, 0) is 66.2 Å². The van der Waals surface area contributed by atoms with Crippen LogP contribution in [-0.2, 0) is 23.7 Å². The Bertz CT molecular complexity index is 760. The molecule has 10 heteroatoms. The van der Waals surface area contributed by atoms with Crippen LogP contribution in [0.3, 0.4) is 0 Å². The molecule has 2 saturated carbocycles. The van der Waals surface area contributed by atoms with E-state index in [2.05, 4.69) is 48.1 Å². The van der Waals surface area contributed by atoms with E-state index in [0.29, 0.717) is 19.6 Å². The first-order chi connectivity index (χ1) is 16.6. The molecule has 2 amide bonds. The van der Waals surface area contributed by atoms with E-state index in [1.807, 2.05) is 13.8 Å². The highest BCUT2D eigenvalue weighted by Gasteiger charge is 2.64. The Balaban J connectivity index is 1.54. The monoisotopic (exact) mass is 513 g/mol. The minimum Gasteiger partial charge on any atom is -0.443 e. The standard InChI is InChI=1S/C25H43N3O6S/c1-16(2)11-13-32-24(3,4)22-21(31-5)19(10-12-25(22)15-33-25)34-23(30)28-18-8-6-17(7-9-18)27-20(29)14-26-35/h11,17-19,21-22,26,35H,6-10,12-15H2,1-5H3,(H,27,29)(H,28,30)/t17-,18-,19?,21?,22?,25?. The molecule has 3 rings (SSSR count). The van der Waals surface area contributed by atoms with Gasteiger partial charge in [-0.3, -0.25) is 9.52 Å². The first kappa shape index (κ1) is 28.2. The summed E-state index contributed by atoms with van der Waals surface area (Å²) in [6.07, 6.45) is 5.63. The summed E-state index contributed by atoms with van der Waals surface area (Å²) < 4.78 is 26.7. The number of allylic oxidation sites excluding steroid dienone is 1. The normalized spacial score (nSPS) is 32.6. The molecule has 3 fully saturated rings. The van der Waals surface area contributed by atoms with Gasteiger partial charge >= 0.3 is 6.09 Å². The second-order valence-corrected chi connectivity index (χ2v) is 11.1. The molecule has 1 heterocycles. The lowest BCUT2D eigenvalue weighted by Gasteiger charge is -2.47. The van der Waals surface area contributed by atoms with Crippen LogP contribution in [0.15, 0.2) is 11.6 Å². The SMILES string of the molecule is COC1C(OC(=O)N[C@H]2CC[C@H](NC(=O)CNS)CC2)CCC2(CO2)C1C(C)(C)OCC=C(C)C. The summed E-state index contributed by atoms with van der Waals surface area (Å²) in [5, 5.41) is 6.01. The molecule has 3 aliphatic rings. The fraction of sp³-hybridized carbons (Fsp3) is 0.840. The number of epoxide rings is 1. The quantitative estimate of drug-likeness (QED) is 0.202. The molecule has 200 valence electrons. The van der Waals surface area contributed by atoms with Crippen LogP contribution in [0.2, 0.25) is 0 Å². The minimum atomic E-state index is -0.521. The minimum absolute atomic E-state index is 0.0287. The van der Waals surface area contributed by atoms with Crippen LogP contribution < -0.4 is 15.4 Å². The summed E-state index contributed by atoms with van der Waals surface area (Å²) in [4.78, 5) is 24.6. The fourth-order valence-corrected chi connectivity index (χ4v) is 5.81. The predicted molar refractivity (Wildman–Crippen MR) is 136 cm³/mol. The van der Waals surface area contributed by atoms with E-state index in [0.717, 1.165) is 32.1 Å². The second kappa shape index (κ2) is 12.3. The highest BCUT2D eigenvalue weighted by Crippen LogP contribution is 2.52. The Labute approximate surface area is 215 Å². The average Bonchev–Trinajstić information content (AvgIpc) is 3.55. The Morgan fingerprint density at radius 2 is 1.74 bits per heavy atom. The molecular formula is C25H43N3O6S. The third-order valence-electron chi connectivity index (χ3n) is 7.51. The molecule has 2 aliphatic carbocycles. The van der Waals surface area contributed by atoms with E-state index in [1.165, 1.54) is 5.57 Å². The Morgan fingerprint density at radius 3 is 2.29 bits per heavy atom. The van der Waals surface area contributed by atoms with Gasteiger partial charge in [-0.2, -0.15) is 0 Å². The summed E-state index contributed by atoms with van der Waals surface area (Å²) in [5.41, 5.74) is 0.401. The van der Waals surface area contributed by atoms with E-state index >= 15 is 0 Å². The lowest BCUT2D eigenvalue weighted by molar-refractivity contribution is -0.172. The van der Waals surface area contributed by atoms with Crippen LogP contribution in [0.1, 0.15) is 66.2 Å². The summed E-state index contributed by atoms with van der Waals surface area (Å²) in [6, 6.07) is 0.152. The molecule has 0 aromatic heterocycles. The molecule has 0 radical (unpaired) electrons. The van der Waals surface area contributed by atoms with Crippen molar-refractivity contribution in [2.24, 2.45) is 5.92 Å². The van der Waals surface area contributed by atoms with Gasteiger partial charge in [0.05, 0.1) is 31.0 Å². The van der Waals surface area contributed by atoms with Crippen LogP contribution >= 0.6 is 12.8 Å². The first-order valence-electron chi connectivity index (χ1n) is 12.7. The molecular weight excluding hydrogens is 470 g/mol. The topological polar surface area (TPSA) is 110 Å². The highest BCUT2D eigenvalue weighted by molar-refractivity contribution is 7.78. The molecule has 35 heavy (non-hydrogen) atoms. The molecule has 1 saturated heterocycles. The number of rotatable bonds is 10. The maximum absolute atomic E-state index is 12.8. The van der Waals surface area contributed by atoms with Crippen molar-refractivity contribution in [1.29, 1.82) is 0 Å². The van der Waals surface area contributed by atoms with Crippen molar-refractivity contribution in [3.8, 4) is 0 Å². The number of amides is 2. The summed E-state index contributed by atoms with van der Waals surface area (Å²) >= 11 is 3.86. The summed E-state index contributed by atoms with van der Waals surface area (Å²) in [5.74, 6) is -0.138. The van der Waals surface area contributed by atoms with Gasteiger partial charge in [0, 0.05) is 25.1 Å². The van der Waals surface area contributed by atoms with Crippen LogP contribution in [0.25, 0.3) is 0 Å². The second-order valence-electron chi connectivity index (χ2n) is 10.8. The van der Waals surface area contributed by atoms with Gasteiger partial charge in [0.2, 0.25) is 5.91 Å². The van der Waals surface area contributed by atoms with Gasteiger partial charge in [-0.25, -0.2) is 4.79 Å². The molecule has 0 aromatic carbocycles. The van der Waals surface area contributed by atoms with Crippen molar-refractivity contribution < 1.29 is 28.5 Å². The number of thiol groups is 1. The van der Waals surface area contributed by atoms with Crippen LogP contribution in [0.4, 0.5) is 4.79 Å². The van der Waals surface area contributed by atoms with E-state index in [-0.39, 0.29) is 48.3 Å². The highest BCUT2D eigenvalue weighted by atomic mass is 32.1. The van der Waals surface area contributed by atoms with Crippen LogP contribution in [0, 0.1) is 5.92 Å². The summed E-state index contributed by atoms with van der Waals surface area (Å²) in [7, 11) is 1.67. The zero-order valence-corrected chi connectivity index (χ0v) is 22.6. The number of ether oxygens (including phenoxy) is 4. The molecule has 4 unspecified atom stereocenters. The third-order valence-corrected chi connectivity index (χ3v) is 7.67. The number of hydrogen-bond donors (Lipinski definition) is 4. The molecule has 4 atom stereocenters. The van der Waals surface area contributed by atoms with Gasteiger partial charge < -0.3 is 29.6 Å². The van der Waals surface area contributed by atoms with Crippen molar-refractivity contribution >= 4 is 24.8 Å². The lowest BCUT2D eigenvalue weighted by atomic mass is 9.68. The van der Waals surface area contributed by atoms with Crippen LogP contribution in [0.5, 0.6) is 0 Å². The van der Waals surface area contributed by atoms with Crippen molar-refractivity contribution in [1.82, 2.24) is 15.4 Å². The number of methoxy groups -OCH3 is 1. The largest absolute Gasteiger partial charge is 0.443 e. The number of carbonyl (C=O) groups is 2. The fourth-order valence-electron chi connectivity index (χ4n) is 5.66. The predicted octanol–water partition coefficient (Wildman–Crippen LogP) is 2.90. The van der Waals surface area contributed by atoms with E-state index in [1.54, 1.807) is 7.11 Å². The summed E-state index contributed by atoms with van der Waals surface area (Å²) in [6.45, 7) is 9.60. The Kier molecular flexibility index (Phi) is 9.90. The first-order valence-corrected chi connectivity index (χ1v) is 13.1. The average molecular weight is 514 g/mol. The Hall–Kier alpha value is -1.33. The lowest BCUT2D eigenvalue weighted by Crippen LogP contribution is -2.59. The zero-order chi connectivity index (χ0) is 25.6. The molecule has 9 nitrogen and oxygen atoms in total. The van der Waals surface area contributed by atoms with Gasteiger partial charge in [-0.15, -0.1) is 0 Å². The number of alkyl carbamates (subject to hydrolysis) is 1. The van der Waals surface area contributed by atoms with Crippen LogP contribution in [-0.4, -0.2) is 74.4 Å². The maximum atomic E-state index is 12.8. The Morgan fingerprint density at radius 1 is 1.11 bits per heavy atom. The van der Waals surface area contributed by atoms with Crippen molar-refractivity contribution in [3.63, 3.8) is 0 Å². The van der Waals surface area contributed by atoms with Gasteiger partial charge in [0.25, 0.3) is 0 Å². The molecule has 1 aliphatic heterocycles. The maximum Gasteiger partial charge on any atom is 0.407 e. The number of nitrogens with one attached hydrogen (secondary N) is 3. The molecule has 0 aromatic rings. The van der Waals surface area contributed by atoms with Gasteiger partial charge in [0.15, 0.2) is 0 Å². The van der Waals surface area contributed by atoms with Crippen molar-refractivity contribution in [3.05, 3.63) is 11.6 Å². The third kappa shape index (κ3) is 7.58. The molecule has 3 N–H and O–H groups in total. The van der Waals surface area contributed by atoms with E-state index < -0.39 is 11.7 Å².